The molecule has 0 amide bonds. The monoisotopic (exact) mass is 678 g/mol. The zero-order chi connectivity index (χ0) is 34.0. The van der Waals surface area contributed by atoms with E-state index in [0.717, 1.165) is 5.75 Å². The van der Waals surface area contributed by atoms with Crippen LogP contribution in [-0.2, 0) is 18.4 Å². The first-order chi connectivity index (χ1) is 18.2. The average molecular weight is 679 g/mol. The summed E-state index contributed by atoms with van der Waals surface area (Å²) in [5.74, 6) is 1.11. The molecular weight excluding hydrogens is 609 g/mol. The summed E-state index contributed by atoms with van der Waals surface area (Å²) in [4.78, 5) is 35.0. The molecule has 0 aromatic carbocycles. The van der Waals surface area contributed by atoms with Crippen LogP contribution in [-0.4, -0.2) is 68.6 Å². The van der Waals surface area contributed by atoms with Gasteiger partial charge >= 0.3 is 11.9 Å². The van der Waals surface area contributed by atoms with Gasteiger partial charge in [-0.25, -0.2) is 0 Å². The maximum Gasteiger partial charge on any atom is 0.310 e. The predicted molar refractivity (Wildman–Crippen MR) is 197 cm³/mol. The Morgan fingerprint density at radius 3 is 1.19 bits per heavy atom. The number of rotatable bonds is 13. The number of nitrogens with one attached hydrogen (secondary N) is 2. The summed E-state index contributed by atoms with van der Waals surface area (Å²) in [6.07, 6.45) is 0.661. The maximum atomic E-state index is 13.7. The van der Waals surface area contributed by atoms with E-state index in [2.05, 4.69) is 145 Å². The van der Waals surface area contributed by atoms with Gasteiger partial charge in [0.25, 0.3) is 16.6 Å². The smallest absolute Gasteiger partial charge is 0.310 e. The Hall–Kier alpha value is 0.0775. The van der Waals surface area contributed by atoms with E-state index in [1.54, 1.807) is 11.8 Å². The minimum absolute atomic E-state index is 0.0495. The molecule has 0 radical (unpaired) electrons. The van der Waals surface area contributed by atoms with Gasteiger partial charge in [0.15, 0.2) is 0 Å². The first-order valence-corrected chi connectivity index (χ1v) is 28.7. The number of hydrogen-bond acceptors (Lipinski definition) is 7. The highest BCUT2D eigenvalue weighted by atomic mass is 32.2. The molecule has 0 saturated heterocycles. The Labute approximate surface area is 269 Å². The normalized spacial score (nSPS) is 16.2. The van der Waals surface area contributed by atoms with Crippen molar-refractivity contribution in [2.24, 2.45) is 0 Å². The molecule has 0 fully saturated rings. The molecule has 0 spiro atoms. The van der Waals surface area contributed by atoms with E-state index < -0.39 is 33.1 Å². The summed E-state index contributed by atoms with van der Waals surface area (Å²) >= 11 is 1.73. The fourth-order valence-electron chi connectivity index (χ4n) is 3.08. The maximum absolute atomic E-state index is 13.7. The topological polar surface area (TPSA) is 76.7 Å². The number of carbonyl (C=O) groups is 2. The number of thioether (sulfide) groups is 1. The lowest BCUT2D eigenvalue weighted by atomic mass is 10.2. The van der Waals surface area contributed by atoms with Crippen molar-refractivity contribution in [3.8, 4) is 0 Å². The van der Waals surface area contributed by atoms with E-state index in [1.807, 2.05) is 0 Å². The lowest BCUT2D eigenvalue weighted by molar-refractivity contribution is -0.138. The lowest BCUT2D eigenvalue weighted by Crippen LogP contribution is -2.60. The first kappa shape index (κ1) is 42.1. The summed E-state index contributed by atoms with van der Waals surface area (Å²) in [7, 11) is -8.47. The molecule has 0 aromatic rings. The van der Waals surface area contributed by atoms with Gasteiger partial charge in [0.05, 0.1) is 6.04 Å². The molecule has 0 bridgehead atoms. The molecule has 0 aliphatic rings. The Morgan fingerprint density at radius 2 is 0.881 bits per heavy atom. The average Bonchev–Trinajstić information content (AvgIpc) is 2.70. The summed E-state index contributed by atoms with van der Waals surface area (Å²) in [6, 6.07) is -0.741. The van der Waals surface area contributed by atoms with Crippen LogP contribution < -0.4 is 9.96 Å². The van der Waals surface area contributed by atoms with Gasteiger partial charge in [0.2, 0.25) is 0 Å². The van der Waals surface area contributed by atoms with Crippen LogP contribution in [0.1, 0.15) is 89.5 Å². The van der Waals surface area contributed by atoms with Crippen LogP contribution in [0.4, 0.5) is 0 Å². The largest absolute Gasteiger partial charge is 0.518 e. The molecule has 0 saturated carbocycles. The van der Waals surface area contributed by atoms with E-state index in [4.69, 9.17) is 8.85 Å². The molecule has 0 aliphatic heterocycles. The third-order valence-electron chi connectivity index (χ3n) is 10.5. The molecule has 42 heavy (non-hydrogen) atoms. The zero-order valence-electron chi connectivity index (χ0n) is 31.3. The molecule has 0 aliphatic carbocycles. The van der Waals surface area contributed by atoms with Gasteiger partial charge in [0, 0.05) is 5.75 Å². The molecule has 6 nitrogen and oxygen atoms in total. The SMILES string of the molecule is CC(C)(C)[Si](C)(C)NC(CCSCC(N[Si](C)(C)C(C)(C)C)C(=O)O[Si](C)(C)C(C)(C)C)C(=O)O[Si](C)(C)C(C)(C)C. The minimum Gasteiger partial charge on any atom is -0.518 e. The van der Waals surface area contributed by atoms with Crippen LogP contribution in [0.3, 0.4) is 0 Å². The highest BCUT2D eigenvalue weighted by Crippen LogP contribution is 2.39. The minimum atomic E-state index is -2.26. The van der Waals surface area contributed by atoms with Crippen molar-refractivity contribution in [1.82, 2.24) is 9.96 Å². The standard InChI is InChI=1S/C31H70N2O4SSi4/c1-28(2,3)39(13,14)32-24(26(34)36-41(17,18)30(7,8)9)21-22-38-23-25(33-40(15,16)29(4,5)6)27(35)37-42(19,20)31(10,11)12/h24-25,32-33H,21-23H2,1-20H3. The lowest BCUT2D eigenvalue weighted by Gasteiger charge is -2.42. The molecule has 250 valence electrons. The van der Waals surface area contributed by atoms with Crippen molar-refractivity contribution < 1.29 is 18.4 Å². The van der Waals surface area contributed by atoms with E-state index >= 15 is 0 Å². The van der Waals surface area contributed by atoms with Gasteiger partial charge in [-0.3, -0.25) is 9.59 Å². The second kappa shape index (κ2) is 14.2. The zero-order valence-corrected chi connectivity index (χ0v) is 36.1. The van der Waals surface area contributed by atoms with Crippen LogP contribution >= 0.6 is 11.8 Å². The van der Waals surface area contributed by atoms with Crippen LogP contribution in [0, 0.1) is 0 Å². The van der Waals surface area contributed by atoms with Gasteiger partial charge in [-0.05, 0) is 58.5 Å². The fraction of sp³-hybridized carbons (Fsp3) is 0.935. The first-order valence-electron chi connectivity index (χ1n) is 15.8. The van der Waals surface area contributed by atoms with E-state index in [-0.39, 0.29) is 44.2 Å². The third kappa shape index (κ3) is 12.1. The van der Waals surface area contributed by atoms with Crippen molar-refractivity contribution in [3.05, 3.63) is 0 Å². The highest BCUT2D eigenvalue weighted by Gasteiger charge is 2.46. The Morgan fingerprint density at radius 1 is 0.571 bits per heavy atom. The van der Waals surface area contributed by atoms with Gasteiger partial charge in [-0.2, -0.15) is 11.8 Å². The van der Waals surface area contributed by atoms with Gasteiger partial charge in [-0.1, -0.05) is 109 Å². The molecule has 0 aromatic heterocycles. The predicted octanol–water partition coefficient (Wildman–Crippen LogP) is 9.13. The second-order valence-electron chi connectivity index (χ2n) is 18.4. The summed E-state index contributed by atoms with van der Waals surface area (Å²) in [5.41, 5.74) is 0. The van der Waals surface area contributed by atoms with Crippen LogP contribution in [0.5, 0.6) is 0 Å². The molecule has 11 heteroatoms. The van der Waals surface area contributed by atoms with Crippen molar-refractivity contribution in [1.29, 1.82) is 0 Å². The van der Waals surface area contributed by atoms with Crippen molar-refractivity contribution in [2.45, 2.75) is 174 Å². The Kier molecular flexibility index (Phi) is 14.3. The second-order valence-corrected chi connectivity index (χ2v) is 39.0. The van der Waals surface area contributed by atoms with Gasteiger partial charge in [0.1, 0.15) is 22.5 Å². The van der Waals surface area contributed by atoms with E-state index in [9.17, 15) is 9.59 Å². The van der Waals surface area contributed by atoms with Crippen LogP contribution in [0.2, 0.25) is 72.5 Å². The summed E-state index contributed by atoms with van der Waals surface area (Å²) in [5, 5.41) is 0.0662. The van der Waals surface area contributed by atoms with Gasteiger partial charge < -0.3 is 18.8 Å². The molecule has 0 rings (SSSR count). The van der Waals surface area contributed by atoms with E-state index in [1.165, 1.54) is 0 Å². The summed E-state index contributed by atoms with van der Waals surface area (Å²) in [6.45, 7) is 44.2. The van der Waals surface area contributed by atoms with E-state index in [0.29, 0.717) is 12.2 Å². The third-order valence-corrected chi connectivity index (χ3v) is 29.9. The highest BCUT2D eigenvalue weighted by molar-refractivity contribution is 7.99. The Bertz CT molecular complexity index is 838. The van der Waals surface area contributed by atoms with Gasteiger partial charge in [-0.15, -0.1) is 0 Å². The molecule has 0 heterocycles. The van der Waals surface area contributed by atoms with Crippen LogP contribution in [0.15, 0.2) is 0 Å². The summed E-state index contributed by atoms with van der Waals surface area (Å²) < 4.78 is 12.6. The molecule has 2 atom stereocenters. The number of hydrogen-bond donors (Lipinski definition) is 2. The van der Waals surface area contributed by atoms with Crippen molar-refractivity contribution in [2.75, 3.05) is 11.5 Å². The molecule has 2 N–H and O–H groups in total. The van der Waals surface area contributed by atoms with Crippen molar-refractivity contribution >= 4 is 56.8 Å². The Balaban J connectivity index is 5.95. The quantitative estimate of drug-likeness (QED) is 0.149. The fourth-order valence-corrected chi connectivity index (χ4v) is 9.24. The van der Waals surface area contributed by atoms with Crippen LogP contribution in [0.25, 0.3) is 0 Å². The molecule has 2 unspecified atom stereocenters. The number of carbonyl (C=O) groups excluding carboxylic acids is 2. The van der Waals surface area contributed by atoms with Crippen molar-refractivity contribution in [3.63, 3.8) is 0 Å². The molecular formula is C31H70N2O4SSi4.